The highest BCUT2D eigenvalue weighted by molar-refractivity contribution is 9.10. The van der Waals surface area contributed by atoms with Crippen LogP contribution in [0.4, 0.5) is 22.0 Å². The van der Waals surface area contributed by atoms with Crippen LogP contribution in [0.2, 0.25) is 0 Å². The van der Waals surface area contributed by atoms with Gasteiger partial charge in [0.25, 0.3) is 6.43 Å². The van der Waals surface area contributed by atoms with Gasteiger partial charge in [-0.2, -0.15) is 13.2 Å². The summed E-state index contributed by atoms with van der Waals surface area (Å²) in [5.74, 6) is 0. The summed E-state index contributed by atoms with van der Waals surface area (Å²) < 4.78 is 61.7. The third kappa shape index (κ3) is 2.67. The summed E-state index contributed by atoms with van der Waals surface area (Å²) in [6.45, 7) is -0.357. The Balaban J connectivity index is 3.40. The molecule has 0 spiro atoms. The maximum atomic E-state index is 12.4. The van der Waals surface area contributed by atoms with Crippen LogP contribution in [-0.2, 0) is 12.7 Å². The average Bonchev–Trinajstić information content (AvgIpc) is 2.15. The molecule has 0 saturated heterocycles. The first-order valence-electron chi connectivity index (χ1n) is 4.02. The molecule has 16 heavy (non-hydrogen) atoms. The fraction of sp³-hybridized carbons (Fsp3) is 0.375. The first kappa shape index (κ1) is 13.3. The van der Waals surface area contributed by atoms with Gasteiger partial charge in [-0.05, 0) is 22.0 Å². The van der Waals surface area contributed by atoms with Crippen molar-refractivity contribution in [2.24, 2.45) is 5.73 Å². The number of hydrogen-bond donors (Lipinski definition) is 1. The van der Waals surface area contributed by atoms with E-state index < -0.39 is 23.9 Å². The molecule has 8 heteroatoms. The van der Waals surface area contributed by atoms with Crippen LogP contribution in [0.25, 0.3) is 0 Å². The zero-order valence-electron chi connectivity index (χ0n) is 7.65. The maximum absolute atomic E-state index is 12.4. The van der Waals surface area contributed by atoms with E-state index in [0.717, 1.165) is 0 Å². The van der Waals surface area contributed by atoms with E-state index in [0.29, 0.717) is 6.07 Å². The van der Waals surface area contributed by atoms with Crippen LogP contribution >= 0.6 is 15.9 Å². The lowest BCUT2D eigenvalue weighted by Crippen LogP contribution is -2.13. The fourth-order valence-electron chi connectivity index (χ4n) is 1.04. The summed E-state index contributed by atoms with van der Waals surface area (Å²) in [4.78, 5) is 3.17. The van der Waals surface area contributed by atoms with E-state index in [1.807, 2.05) is 0 Å². The zero-order chi connectivity index (χ0) is 12.5. The Bertz CT molecular complexity index is 391. The molecule has 0 aliphatic heterocycles. The van der Waals surface area contributed by atoms with Crippen LogP contribution in [0.5, 0.6) is 0 Å². The molecule has 0 unspecified atom stereocenters. The minimum atomic E-state index is -4.77. The Hall–Kier alpha value is -0.760. The van der Waals surface area contributed by atoms with E-state index in [2.05, 4.69) is 20.9 Å². The van der Waals surface area contributed by atoms with Crippen molar-refractivity contribution in [1.29, 1.82) is 0 Å². The van der Waals surface area contributed by atoms with Crippen LogP contribution in [0, 0.1) is 0 Å². The normalized spacial score (nSPS) is 12.2. The van der Waals surface area contributed by atoms with Gasteiger partial charge in [-0.1, -0.05) is 0 Å². The molecule has 0 amide bonds. The van der Waals surface area contributed by atoms with Gasteiger partial charge in [0, 0.05) is 16.6 Å². The molecule has 0 aliphatic rings. The first-order valence-corrected chi connectivity index (χ1v) is 4.81. The quantitative estimate of drug-likeness (QED) is 0.852. The summed E-state index contributed by atoms with van der Waals surface area (Å²) in [6, 6.07) is 0.313. The third-order valence-corrected chi connectivity index (χ3v) is 2.69. The largest absolute Gasteiger partial charge is 0.433 e. The monoisotopic (exact) mass is 304 g/mol. The van der Waals surface area contributed by atoms with Crippen LogP contribution in [0.15, 0.2) is 10.5 Å². The van der Waals surface area contributed by atoms with E-state index in [-0.39, 0.29) is 16.7 Å². The minimum absolute atomic E-state index is 0.182. The van der Waals surface area contributed by atoms with Gasteiger partial charge in [0.2, 0.25) is 0 Å². The summed E-state index contributed by atoms with van der Waals surface area (Å²) in [6.07, 6.45) is -7.79. The highest BCUT2D eigenvalue weighted by Gasteiger charge is 2.34. The molecule has 0 saturated carbocycles. The molecule has 0 radical (unpaired) electrons. The van der Waals surface area contributed by atoms with Gasteiger partial charge >= 0.3 is 6.18 Å². The van der Waals surface area contributed by atoms with Crippen molar-refractivity contribution in [2.75, 3.05) is 0 Å². The van der Waals surface area contributed by atoms with Gasteiger partial charge in [-0.3, -0.25) is 0 Å². The molecule has 2 nitrogen and oxygen atoms in total. The van der Waals surface area contributed by atoms with Gasteiger partial charge in [0.15, 0.2) is 0 Å². The van der Waals surface area contributed by atoms with Crippen LogP contribution in [0.3, 0.4) is 0 Å². The van der Waals surface area contributed by atoms with Crippen molar-refractivity contribution in [3.63, 3.8) is 0 Å². The molecule has 1 heterocycles. The van der Waals surface area contributed by atoms with E-state index in [1.54, 1.807) is 0 Å². The Morgan fingerprint density at radius 1 is 1.38 bits per heavy atom. The van der Waals surface area contributed by atoms with Gasteiger partial charge in [0.05, 0.1) is 5.69 Å². The summed E-state index contributed by atoms with van der Waals surface area (Å²) in [7, 11) is 0. The van der Waals surface area contributed by atoms with Crippen molar-refractivity contribution in [3.8, 4) is 0 Å². The highest BCUT2D eigenvalue weighted by atomic mass is 79.9. The van der Waals surface area contributed by atoms with E-state index in [4.69, 9.17) is 5.73 Å². The molecule has 2 N–H and O–H groups in total. The fourth-order valence-corrected chi connectivity index (χ4v) is 1.58. The van der Waals surface area contributed by atoms with Gasteiger partial charge in [0.1, 0.15) is 5.69 Å². The standard InChI is InChI=1S/C8H6BrF5N2/c9-6-3(7(10)11)1-5(8(12,13)14)16-4(6)2-15/h1,7H,2,15H2. The van der Waals surface area contributed by atoms with Gasteiger partial charge < -0.3 is 5.73 Å². The molecule has 1 rings (SSSR count). The molecular weight excluding hydrogens is 299 g/mol. The lowest BCUT2D eigenvalue weighted by atomic mass is 10.2. The number of pyridine rings is 1. The summed E-state index contributed by atoms with van der Waals surface area (Å²) in [5, 5.41) is 0. The number of nitrogens with zero attached hydrogens (tertiary/aromatic N) is 1. The van der Waals surface area contributed by atoms with Gasteiger partial charge in [-0.25, -0.2) is 13.8 Å². The van der Waals surface area contributed by atoms with Crippen molar-refractivity contribution in [2.45, 2.75) is 19.1 Å². The number of halogens is 6. The van der Waals surface area contributed by atoms with Gasteiger partial charge in [-0.15, -0.1) is 0 Å². The Kier molecular flexibility index (Phi) is 3.84. The predicted molar refractivity (Wildman–Crippen MR) is 49.8 cm³/mol. The Morgan fingerprint density at radius 3 is 2.31 bits per heavy atom. The zero-order valence-corrected chi connectivity index (χ0v) is 9.24. The number of hydrogen-bond acceptors (Lipinski definition) is 2. The Labute approximate surface area is 95.8 Å². The lowest BCUT2D eigenvalue weighted by Gasteiger charge is -2.12. The van der Waals surface area contributed by atoms with Crippen molar-refractivity contribution in [1.82, 2.24) is 4.98 Å². The second-order valence-electron chi connectivity index (χ2n) is 2.86. The summed E-state index contributed by atoms with van der Waals surface area (Å²) in [5.41, 5.74) is 2.75. The topological polar surface area (TPSA) is 38.9 Å². The first-order chi connectivity index (χ1) is 7.27. The molecule has 1 aromatic rings. The molecule has 1 aromatic heterocycles. The predicted octanol–water partition coefficient (Wildman–Crippen LogP) is 3.26. The molecular formula is C8H6BrF5N2. The third-order valence-electron chi connectivity index (χ3n) is 1.77. The van der Waals surface area contributed by atoms with Crippen molar-refractivity contribution in [3.05, 3.63) is 27.5 Å². The van der Waals surface area contributed by atoms with Crippen LogP contribution < -0.4 is 5.73 Å². The molecule has 0 aliphatic carbocycles. The van der Waals surface area contributed by atoms with Crippen molar-refractivity contribution >= 4 is 15.9 Å². The number of aromatic nitrogens is 1. The Morgan fingerprint density at radius 2 is 1.94 bits per heavy atom. The average molecular weight is 305 g/mol. The molecule has 0 aromatic carbocycles. The number of alkyl halides is 5. The molecule has 90 valence electrons. The molecule has 0 fully saturated rings. The molecule has 0 bridgehead atoms. The summed E-state index contributed by atoms with van der Waals surface area (Å²) >= 11 is 2.75. The SMILES string of the molecule is NCc1nc(C(F)(F)F)cc(C(F)F)c1Br. The maximum Gasteiger partial charge on any atom is 0.433 e. The van der Waals surface area contributed by atoms with Crippen LogP contribution in [0.1, 0.15) is 23.4 Å². The van der Waals surface area contributed by atoms with E-state index in [9.17, 15) is 22.0 Å². The second kappa shape index (κ2) is 4.62. The molecule has 0 atom stereocenters. The second-order valence-corrected chi connectivity index (χ2v) is 3.65. The van der Waals surface area contributed by atoms with E-state index >= 15 is 0 Å². The number of rotatable bonds is 2. The lowest BCUT2D eigenvalue weighted by molar-refractivity contribution is -0.141. The highest BCUT2D eigenvalue weighted by Crippen LogP contribution is 2.35. The smallest absolute Gasteiger partial charge is 0.325 e. The number of nitrogens with two attached hydrogens (primary N) is 1. The van der Waals surface area contributed by atoms with E-state index in [1.165, 1.54) is 0 Å². The van der Waals surface area contributed by atoms with Crippen molar-refractivity contribution < 1.29 is 22.0 Å². The minimum Gasteiger partial charge on any atom is -0.325 e. The van der Waals surface area contributed by atoms with Crippen LogP contribution in [-0.4, -0.2) is 4.98 Å².